The summed E-state index contributed by atoms with van der Waals surface area (Å²) in [6.45, 7) is 3.53. The maximum atomic E-state index is 14.3. The maximum Gasteiger partial charge on any atom is 0.420 e. The third kappa shape index (κ3) is 3.23. The van der Waals surface area contributed by atoms with Crippen LogP contribution >= 0.6 is 0 Å². The maximum absolute atomic E-state index is 14.3. The van der Waals surface area contributed by atoms with Crippen molar-refractivity contribution in [3.05, 3.63) is 70.0 Å². The molecule has 0 fully saturated rings. The van der Waals surface area contributed by atoms with Gasteiger partial charge in [0.15, 0.2) is 16.7 Å². The molecule has 28 heavy (non-hydrogen) atoms. The molecule has 4 rings (SSSR count). The third-order valence-electron chi connectivity index (χ3n) is 5.06. The monoisotopic (exact) mass is 402 g/mol. The minimum atomic E-state index is -2.51. The number of rotatable bonds is 4. The number of hydrogen-bond acceptors (Lipinski definition) is 4. The second kappa shape index (κ2) is 7.46. The number of hydrogen-bond donors (Lipinski definition) is 2. The summed E-state index contributed by atoms with van der Waals surface area (Å²) in [5, 5.41) is 3.28. The van der Waals surface area contributed by atoms with E-state index >= 15 is 0 Å². The van der Waals surface area contributed by atoms with E-state index in [2.05, 4.69) is 11.4 Å². The van der Waals surface area contributed by atoms with Gasteiger partial charge in [-0.15, -0.1) is 0 Å². The highest BCUT2D eigenvalue weighted by Crippen LogP contribution is 2.31. The van der Waals surface area contributed by atoms with Crippen LogP contribution in [-0.4, -0.2) is 26.4 Å². The highest BCUT2D eigenvalue weighted by Gasteiger charge is 2.22. The second-order valence-electron chi connectivity index (χ2n) is 6.68. The van der Waals surface area contributed by atoms with Crippen LogP contribution in [0.25, 0.3) is 16.7 Å². The minimum absolute atomic E-state index is 0.0780. The molecular weight excluding hydrogens is 383 g/mol. The van der Waals surface area contributed by atoms with E-state index in [4.69, 9.17) is 4.42 Å². The number of halogens is 1. The molecule has 0 bridgehead atoms. The minimum Gasteiger partial charge on any atom is -0.408 e. The van der Waals surface area contributed by atoms with Crippen molar-refractivity contribution in [1.82, 2.24) is 9.88 Å². The van der Waals surface area contributed by atoms with Crippen LogP contribution in [0.15, 0.2) is 56.6 Å². The van der Waals surface area contributed by atoms with E-state index in [-0.39, 0.29) is 11.1 Å². The number of benzene rings is 2. The van der Waals surface area contributed by atoms with Gasteiger partial charge in [0.25, 0.3) is 0 Å². The summed E-state index contributed by atoms with van der Waals surface area (Å²) in [7, 11) is 0. The molecule has 2 heterocycles. The Kier molecular flexibility index (Phi) is 5.01. The lowest BCUT2D eigenvalue weighted by atomic mass is 9.92. The van der Waals surface area contributed by atoms with Gasteiger partial charge in [0.2, 0.25) is 0 Å². The van der Waals surface area contributed by atoms with E-state index in [1.54, 1.807) is 0 Å². The molecular formula is C20H19FN2O4S. The number of aromatic nitrogens is 1. The van der Waals surface area contributed by atoms with Gasteiger partial charge in [-0.25, -0.2) is 13.4 Å². The molecule has 2 atom stereocenters. The summed E-state index contributed by atoms with van der Waals surface area (Å²) in [5.74, 6) is -1.50. The first kappa shape index (κ1) is 18.8. The van der Waals surface area contributed by atoms with Crippen LogP contribution in [0.2, 0.25) is 0 Å². The van der Waals surface area contributed by atoms with E-state index in [0.717, 1.165) is 42.8 Å². The van der Waals surface area contributed by atoms with Gasteiger partial charge in [-0.05, 0) is 36.6 Å². The normalized spacial score (nSPS) is 16.8. The van der Waals surface area contributed by atoms with Gasteiger partial charge in [-0.2, -0.15) is 0 Å². The first-order chi connectivity index (χ1) is 13.5. The molecule has 8 heteroatoms. The van der Waals surface area contributed by atoms with E-state index in [0.29, 0.717) is 0 Å². The number of oxazole rings is 1. The quantitative estimate of drug-likeness (QED) is 0.654. The van der Waals surface area contributed by atoms with Gasteiger partial charge in [-0.1, -0.05) is 30.3 Å². The lowest BCUT2D eigenvalue weighted by Gasteiger charge is -2.21. The summed E-state index contributed by atoms with van der Waals surface area (Å²) >= 11 is -2.51. The zero-order valence-electron chi connectivity index (χ0n) is 15.1. The molecule has 0 saturated carbocycles. The summed E-state index contributed by atoms with van der Waals surface area (Å²) in [5.41, 5.74) is 3.50. The predicted octanol–water partition coefficient (Wildman–Crippen LogP) is 3.30. The molecule has 0 spiro atoms. The van der Waals surface area contributed by atoms with E-state index in [9.17, 15) is 17.9 Å². The molecule has 0 saturated heterocycles. The fraction of sp³-hybridized carbons (Fsp3) is 0.250. The van der Waals surface area contributed by atoms with Gasteiger partial charge in [0.05, 0.1) is 11.6 Å². The smallest absolute Gasteiger partial charge is 0.408 e. The highest BCUT2D eigenvalue weighted by atomic mass is 32.2. The van der Waals surface area contributed by atoms with Crippen LogP contribution in [-0.2, 0) is 11.1 Å². The summed E-state index contributed by atoms with van der Waals surface area (Å²) in [6.07, 6.45) is 3.01. The molecule has 146 valence electrons. The zero-order chi connectivity index (χ0) is 19.8. The van der Waals surface area contributed by atoms with E-state index in [1.807, 2.05) is 31.2 Å². The highest BCUT2D eigenvalue weighted by molar-refractivity contribution is 7.79. The van der Waals surface area contributed by atoms with Crippen molar-refractivity contribution in [2.24, 2.45) is 0 Å². The van der Waals surface area contributed by atoms with Crippen LogP contribution in [0.3, 0.4) is 0 Å². The lowest BCUT2D eigenvalue weighted by Crippen LogP contribution is -2.22. The Morgan fingerprint density at radius 1 is 1.32 bits per heavy atom. The lowest BCUT2D eigenvalue weighted by molar-refractivity contribution is 0.489. The summed E-state index contributed by atoms with van der Waals surface area (Å²) in [4.78, 5) is 12.1. The predicted molar refractivity (Wildman–Crippen MR) is 105 cm³/mol. The Morgan fingerprint density at radius 2 is 2.11 bits per heavy atom. The van der Waals surface area contributed by atoms with Crippen molar-refractivity contribution >= 4 is 27.8 Å². The van der Waals surface area contributed by atoms with E-state index < -0.39 is 33.6 Å². The van der Waals surface area contributed by atoms with Crippen molar-refractivity contribution in [3.63, 3.8) is 0 Å². The van der Waals surface area contributed by atoms with Crippen molar-refractivity contribution in [2.75, 3.05) is 13.1 Å². The first-order valence-electron chi connectivity index (χ1n) is 8.92. The first-order valence-corrected chi connectivity index (χ1v) is 10.0. The molecule has 0 aliphatic carbocycles. The van der Waals surface area contributed by atoms with Crippen molar-refractivity contribution in [2.45, 2.75) is 24.3 Å². The van der Waals surface area contributed by atoms with Crippen LogP contribution in [0.4, 0.5) is 4.39 Å². The number of nitrogens with one attached hydrogen (secondary N) is 1. The summed E-state index contributed by atoms with van der Waals surface area (Å²) in [6, 6.07) is 9.58. The second-order valence-corrected chi connectivity index (χ2v) is 7.62. The van der Waals surface area contributed by atoms with E-state index in [1.165, 1.54) is 10.1 Å². The van der Waals surface area contributed by atoms with Crippen LogP contribution in [0.1, 0.15) is 30.5 Å². The standard InChI is InChI=1S/C20H19FN2O4S/c1-12(14-4-2-3-5-15(14)13-6-8-22-9-7-13)23-17-10-16(21)19(28(25)26)11-18(17)27-20(23)24/h2-6,10-12,22H,7-9H2,1H3,(H,25,26)/t12-/m1/s1. The van der Waals surface area contributed by atoms with Crippen molar-refractivity contribution in [1.29, 1.82) is 0 Å². The Bertz CT molecular complexity index is 1160. The van der Waals surface area contributed by atoms with Crippen molar-refractivity contribution in [3.8, 4) is 0 Å². The Balaban J connectivity index is 1.87. The van der Waals surface area contributed by atoms with Gasteiger partial charge < -0.3 is 14.3 Å². The van der Waals surface area contributed by atoms with Gasteiger partial charge in [0.1, 0.15) is 10.7 Å². The molecule has 3 aromatic rings. The van der Waals surface area contributed by atoms with Crippen LogP contribution < -0.4 is 11.1 Å². The van der Waals surface area contributed by atoms with Crippen LogP contribution in [0, 0.1) is 5.82 Å². The third-order valence-corrected chi connectivity index (χ3v) is 5.75. The molecule has 0 radical (unpaired) electrons. The zero-order valence-corrected chi connectivity index (χ0v) is 16.0. The topological polar surface area (TPSA) is 84.5 Å². The molecule has 1 aliphatic rings. The largest absolute Gasteiger partial charge is 0.420 e. The number of nitrogens with zero attached hydrogens (tertiary/aromatic N) is 1. The molecule has 1 unspecified atom stereocenters. The molecule has 1 aromatic heterocycles. The van der Waals surface area contributed by atoms with Crippen molar-refractivity contribution < 1.29 is 17.6 Å². The summed E-state index contributed by atoms with van der Waals surface area (Å²) < 4.78 is 41.4. The fourth-order valence-electron chi connectivity index (χ4n) is 3.70. The SMILES string of the molecule is C[C@H](c1ccccc1C1=CCNCC1)n1c(=O)oc2cc(S(=O)O)c(F)cc21. The van der Waals surface area contributed by atoms with Gasteiger partial charge in [0, 0.05) is 18.7 Å². The molecule has 1 aliphatic heterocycles. The van der Waals surface area contributed by atoms with Crippen LogP contribution in [0.5, 0.6) is 0 Å². The molecule has 2 N–H and O–H groups in total. The molecule has 6 nitrogen and oxygen atoms in total. The molecule has 2 aromatic carbocycles. The molecule has 0 amide bonds. The number of fused-ring (bicyclic) bond motifs is 1. The van der Waals surface area contributed by atoms with Gasteiger partial charge >= 0.3 is 5.76 Å². The van der Waals surface area contributed by atoms with Gasteiger partial charge in [-0.3, -0.25) is 4.57 Å². The average molecular weight is 402 g/mol. The Labute approximate surface area is 163 Å². The Hall–Kier alpha value is -2.55. The fourth-order valence-corrected chi connectivity index (χ4v) is 4.13. The Morgan fingerprint density at radius 3 is 2.82 bits per heavy atom. The average Bonchev–Trinajstić information content (AvgIpc) is 3.02.